The molecule has 0 saturated heterocycles. The number of nitrogens with zero attached hydrogens (tertiary/aromatic N) is 1. The number of carbonyl (C=O) groups is 3. The molecule has 3 amide bonds. The lowest BCUT2D eigenvalue weighted by Crippen LogP contribution is -2.45. The molecule has 0 unspecified atom stereocenters. The molecule has 0 aliphatic carbocycles. The van der Waals surface area contributed by atoms with Crippen LogP contribution in [-0.4, -0.2) is 37.4 Å². The zero-order chi connectivity index (χ0) is 19.9. The van der Waals surface area contributed by atoms with Gasteiger partial charge in [-0.2, -0.15) is 0 Å². The fraction of sp³-hybridized carbons (Fsp3) is 0.250. The van der Waals surface area contributed by atoms with Crippen molar-refractivity contribution in [2.75, 3.05) is 29.9 Å². The first-order valence-corrected chi connectivity index (χ1v) is 8.93. The van der Waals surface area contributed by atoms with Gasteiger partial charge >= 0.3 is 0 Å². The van der Waals surface area contributed by atoms with Crippen molar-refractivity contribution in [3.63, 3.8) is 0 Å². The second kappa shape index (κ2) is 8.90. The zero-order valence-electron chi connectivity index (χ0n) is 15.4. The van der Waals surface area contributed by atoms with Crippen molar-refractivity contribution in [1.29, 1.82) is 0 Å². The predicted molar refractivity (Wildman–Crippen MR) is 104 cm³/mol. The van der Waals surface area contributed by atoms with E-state index in [0.717, 1.165) is 6.42 Å². The van der Waals surface area contributed by atoms with Gasteiger partial charge in [-0.15, -0.1) is 0 Å². The van der Waals surface area contributed by atoms with E-state index in [1.54, 1.807) is 36.4 Å². The third-order valence-electron chi connectivity index (χ3n) is 3.99. The number of nitrogens with one attached hydrogen (secondary N) is 2. The fourth-order valence-electron chi connectivity index (χ4n) is 2.64. The van der Waals surface area contributed by atoms with E-state index in [2.05, 4.69) is 10.6 Å². The van der Waals surface area contributed by atoms with Crippen LogP contribution in [0.25, 0.3) is 6.08 Å². The predicted octanol–water partition coefficient (Wildman–Crippen LogP) is 2.18. The van der Waals surface area contributed by atoms with Crippen molar-refractivity contribution in [3.8, 4) is 5.75 Å². The highest BCUT2D eigenvalue weighted by molar-refractivity contribution is 6.05. The number of ether oxygens (including phenoxy) is 1. The van der Waals surface area contributed by atoms with Gasteiger partial charge in [0.05, 0.1) is 12.0 Å². The van der Waals surface area contributed by atoms with Crippen molar-refractivity contribution >= 4 is 35.2 Å². The van der Waals surface area contributed by atoms with Crippen LogP contribution in [0.15, 0.2) is 47.1 Å². The van der Waals surface area contributed by atoms with Crippen LogP contribution in [0.3, 0.4) is 0 Å². The van der Waals surface area contributed by atoms with Crippen molar-refractivity contribution in [1.82, 2.24) is 5.32 Å². The number of fused-ring (bicyclic) bond motifs is 1. The largest absolute Gasteiger partial charge is 0.482 e. The first-order valence-electron chi connectivity index (χ1n) is 8.93. The van der Waals surface area contributed by atoms with Gasteiger partial charge in [-0.1, -0.05) is 6.92 Å². The average molecular weight is 383 g/mol. The fourth-order valence-corrected chi connectivity index (χ4v) is 2.64. The highest BCUT2D eigenvalue weighted by Gasteiger charge is 2.27. The van der Waals surface area contributed by atoms with Crippen LogP contribution in [0.2, 0.25) is 0 Å². The number of carbonyl (C=O) groups excluding carboxylic acids is 3. The molecule has 0 atom stereocenters. The van der Waals surface area contributed by atoms with Crippen LogP contribution in [0, 0.1) is 0 Å². The van der Waals surface area contributed by atoms with Gasteiger partial charge in [-0.05, 0) is 42.8 Å². The number of anilines is 2. The summed E-state index contributed by atoms with van der Waals surface area (Å²) in [7, 11) is 0. The molecule has 2 aromatic rings. The minimum absolute atomic E-state index is 0.106. The second-order valence-corrected chi connectivity index (χ2v) is 6.14. The van der Waals surface area contributed by atoms with Gasteiger partial charge in [-0.25, -0.2) is 0 Å². The summed E-state index contributed by atoms with van der Waals surface area (Å²) >= 11 is 0. The normalized spacial score (nSPS) is 13.2. The van der Waals surface area contributed by atoms with E-state index < -0.39 is 0 Å². The Kier molecular flexibility index (Phi) is 6.11. The van der Waals surface area contributed by atoms with E-state index in [0.29, 0.717) is 29.4 Å². The maximum absolute atomic E-state index is 12.2. The summed E-state index contributed by atoms with van der Waals surface area (Å²) in [6.45, 7) is 2.25. The first-order chi connectivity index (χ1) is 13.6. The van der Waals surface area contributed by atoms with Crippen LogP contribution < -0.4 is 20.3 Å². The van der Waals surface area contributed by atoms with Gasteiger partial charge in [0.1, 0.15) is 18.1 Å². The Labute approximate surface area is 162 Å². The van der Waals surface area contributed by atoms with Crippen LogP contribution in [0.5, 0.6) is 5.75 Å². The Morgan fingerprint density at radius 1 is 1.29 bits per heavy atom. The average Bonchev–Trinajstić information content (AvgIpc) is 3.21. The molecule has 1 aliphatic heterocycles. The van der Waals surface area contributed by atoms with Crippen molar-refractivity contribution < 1.29 is 23.5 Å². The number of rotatable bonds is 7. The van der Waals surface area contributed by atoms with E-state index >= 15 is 0 Å². The highest BCUT2D eigenvalue weighted by atomic mass is 16.5. The Bertz CT molecular complexity index is 889. The van der Waals surface area contributed by atoms with E-state index in [9.17, 15) is 14.4 Å². The molecule has 2 N–H and O–H groups in total. The Morgan fingerprint density at radius 2 is 2.14 bits per heavy atom. The van der Waals surface area contributed by atoms with Gasteiger partial charge in [0.15, 0.2) is 6.61 Å². The minimum atomic E-state index is -0.355. The lowest BCUT2D eigenvalue weighted by atomic mass is 10.2. The lowest BCUT2D eigenvalue weighted by molar-refractivity contribution is -0.125. The van der Waals surface area contributed by atoms with Gasteiger partial charge in [0, 0.05) is 18.3 Å². The molecule has 1 aromatic heterocycles. The number of benzene rings is 1. The molecule has 2 heterocycles. The third kappa shape index (κ3) is 4.79. The highest BCUT2D eigenvalue weighted by Crippen LogP contribution is 2.34. The van der Waals surface area contributed by atoms with Crippen LogP contribution in [0.1, 0.15) is 19.1 Å². The topological polar surface area (TPSA) is 101 Å². The molecule has 0 fully saturated rings. The lowest BCUT2D eigenvalue weighted by Gasteiger charge is -2.29. The zero-order valence-corrected chi connectivity index (χ0v) is 15.4. The molecule has 0 radical (unpaired) electrons. The number of furan rings is 1. The quantitative estimate of drug-likeness (QED) is 0.714. The Morgan fingerprint density at radius 3 is 2.89 bits per heavy atom. The van der Waals surface area contributed by atoms with Crippen molar-refractivity contribution in [2.45, 2.75) is 13.3 Å². The molecule has 146 valence electrons. The van der Waals surface area contributed by atoms with Gasteiger partial charge < -0.3 is 19.8 Å². The van der Waals surface area contributed by atoms with Crippen LogP contribution >= 0.6 is 0 Å². The maximum Gasteiger partial charge on any atom is 0.265 e. The summed E-state index contributed by atoms with van der Waals surface area (Å²) in [6, 6.07) is 8.39. The van der Waals surface area contributed by atoms with Gasteiger partial charge in [0.2, 0.25) is 11.8 Å². The molecule has 0 spiro atoms. The molecule has 1 aromatic carbocycles. The smallest absolute Gasteiger partial charge is 0.265 e. The molecular weight excluding hydrogens is 362 g/mol. The molecule has 8 nitrogen and oxygen atoms in total. The summed E-state index contributed by atoms with van der Waals surface area (Å²) in [5.74, 6) is 0.113. The van der Waals surface area contributed by atoms with Gasteiger partial charge in [0.25, 0.3) is 5.91 Å². The summed E-state index contributed by atoms with van der Waals surface area (Å²) < 4.78 is 10.6. The molecular formula is C20H21N3O5. The Balaban J connectivity index is 1.73. The van der Waals surface area contributed by atoms with Crippen LogP contribution in [0.4, 0.5) is 11.4 Å². The third-order valence-corrected chi connectivity index (χ3v) is 3.99. The molecule has 0 bridgehead atoms. The van der Waals surface area contributed by atoms with Crippen LogP contribution in [-0.2, 0) is 14.4 Å². The van der Waals surface area contributed by atoms with E-state index in [1.165, 1.54) is 17.2 Å². The SMILES string of the molecule is CCCNC(=O)CN1C(=O)COc2ccc(NC(=O)/C=C/c3ccco3)cc21. The minimum Gasteiger partial charge on any atom is -0.482 e. The summed E-state index contributed by atoms with van der Waals surface area (Å²) in [4.78, 5) is 37.8. The van der Waals surface area contributed by atoms with E-state index in [1.807, 2.05) is 6.92 Å². The molecule has 1 aliphatic rings. The van der Waals surface area contributed by atoms with Crippen molar-refractivity contribution in [2.24, 2.45) is 0 Å². The summed E-state index contributed by atoms with van der Waals surface area (Å²) in [6.07, 6.45) is 5.21. The summed E-state index contributed by atoms with van der Waals surface area (Å²) in [5.41, 5.74) is 0.917. The molecule has 0 saturated carbocycles. The standard InChI is InChI=1S/C20H21N3O5/c1-2-9-21-19(25)12-23-16-11-14(5-7-17(16)28-13-20(23)26)22-18(24)8-6-15-4-3-10-27-15/h3-8,10-11H,2,9,12-13H2,1H3,(H,21,25)(H,22,24)/b8-6+. The monoisotopic (exact) mass is 383 g/mol. The number of amides is 3. The van der Waals surface area contributed by atoms with E-state index in [-0.39, 0.29) is 30.9 Å². The van der Waals surface area contributed by atoms with E-state index in [4.69, 9.17) is 9.15 Å². The van der Waals surface area contributed by atoms with Gasteiger partial charge in [-0.3, -0.25) is 19.3 Å². The molecule has 28 heavy (non-hydrogen) atoms. The van der Waals surface area contributed by atoms with Crippen molar-refractivity contribution in [3.05, 3.63) is 48.4 Å². The molecule has 3 rings (SSSR count). The molecule has 8 heteroatoms. The number of hydrogen-bond acceptors (Lipinski definition) is 5. The maximum atomic E-state index is 12.2. The second-order valence-electron chi connectivity index (χ2n) is 6.14. The summed E-state index contributed by atoms with van der Waals surface area (Å²) in [5, 5.41) is 5.46. The first kappa shape index (κ1) is 19.2. The number of hydrogen-bond donors (Lipinski definition) is 2. The Hall–Kier alpha value is -3.55.